The third-order valence-corrected chi connectivity index (χ3v) is 13.8. The van der Waals surface area contributed by atoms with Crippen LogP contribution < -0.4 is 21.2 Å². The van der Waals surface area contributed by atoms with Crippen LogP contribution in [0.15, 0.2) is 131 Å². The van der Waals surface area contributed by atoms with E-state index < -0.39 is 14.1 Å². The zero-order valence-electron chi connectivity index (χ0n) is 20.1. The fourth-order valence-corrected chi connectivity index (χ4v) is 11.3. The molecule has 4 aromatic carbocycles. The van der Waals surface area contributed by atoms with Crippen LogP contribution in [0.25, 0.3) is 0 Å². The number of hydrogen-bond donors (Lipinski definition) is 0. The highest BCUT2D eigenvalue weighted by atomic mass is 31.2. The van der Waals surface area contributed by atoms with Crippen LogP contribution in [0.1, 0.15) is 12.8 Å². The van der Waals surface area contributed by atoms with Crippen molar-refractivity contribution in [2.24, 2.45) is 9.49 Å². The molecular weight excluding hydrogens is 478 g/mol. The van der Waals surface area contributed by atoms with Gasteiger partial charge in [-0.05, 0) is 46.4 Å². The second-order valence-electron chi connectivity index (χ2n) is 8.44. The summed E-state index contributed by atoms with van der Waals surface area (Å²) in [5.41, 5.74) is 0. The van der Waals surface area contributed by atoms with Crippen LogP contribution in [-0.4, -0.2) is 12.3 Å². The van der Waals surface area contributed by atoms with Crippen molar-refractivity contribution in [1.29, 1.82) is 10.5 Å². The summed E-state index contributed by atoms with van der Waals surface area (Å²) < 4.78 is 9.27. The van der Waals surface area contributed by atoms with E-state index in [1.807, 2.05) is 72.8 Å². The molecule has 0 aliphatic heterocycles. The second-order valence-corrected chi connectivity index (χ2v) is 14.9. The number of nitrogens with zero attached hydrogens (tertiary/aromatic N) is 4. The van der Waals surface area contributed by atoms with E-state index in [-0.39, 0.29) is 0 Å². The third-order valence-electron chi connectivity index (χ3n) is 6.38. The van der Waals surface area contributed by atoms with E-state index in [2.05, 4.69) is 70.4 Å². The highest BCUT2D eigenvalue weighted by molar-refractivity contribution is 7.81. The van der Waals surface area contributed by atoms with Crippen molar-refractivity contribution in [3.63, 3.8) is 0 Å². The lowest BCUT2D eigenvalue weighted by molar-refractivity contribution is 0.897. The Kier molecular flexibility index (Phi) is 8.71. The molecule has 0 heterocycles. The maximum atomic E-state index is 9.74. The van der Waals surface area contributed by atoms with Crippen LogP contribution in [0.5, 0.6) is 0 Å². The van der Waals surface area contributed by atoms with Crippen LogP contribution in [0.3, 0.4) is 0 Å². The molecule has 0 aliphatic carbocycles. The van der Waals surface area contributed by atoms with Crippen molar-refractivity contribution in [3.8, 4) is 12.4 Å². The van der Waals surface area contributed by atoms with Gasteiger partial charge in [0, 0.05) is 14.1 Å². The van der Waals surface area contributed by atoms with Gasteiger partial charge < -0.3 is 0 Å². The van der Waals surface area contributed by atoms with Crippen LogP contribution in [0, 0.1) is 22.9 Å². The van der Waals surface area contributed by atoms with Gasteiger partial charge in [-0.25, -0.2) is 0 Å². The van der Waals surface area contributed by atoms with Crippen molar-refractivity contribution in [2.75, 3.05) is 12.3 Å². The van der Waals surface area contributed by atoms with Gasteiger partial charge in [-0.2, -0.15) is 20.0 Å². The topological polar surface area (TPSA) is 72.3 Å². The minimum Gasteiger partial charge on any atom is -0.185 e. The van der Waals surface area contributed by atoms with Crippen molar-refractivity contribution in [2.45, 2.75) is 12.8 Å². The fourth-order valence-electron chi connectivity index (χ4n) is 4.68. The highest BCUT2D eigenvalue weighted by Gasteiger charge is 2.27. The van der Waals surface area contributed by atoms with E-state index in [1.54, 1.807) is 0 Å². The zero-order valence-corrected chi connectivity index (χ0v) is 21.8. The molecule has 4 rings (SSSR count). The molecule has 178 valence electrons. The third kappa shape index (κ3) is 5.42. The number of nitriles is 2. The van der Waals surface area contributed by atoms with E-state index in [9.17, 15) is 10.5 Å². The first kappa shape index (κ1) is 25.4. The zero-order chi connectivity index (χ0) is 25.1. The molecule has 36 heavy (non-hydrogen) atoms. The molecule has 0 amide bonds. The van der Waals surface area contributed by atoms with Gasteiger partial charge >= 0.3 is 0 Å². The van der Waals surface area contributed by atoms with Crippen molar-refractivity contribution in [3.05, 3.63) is 121 Å². The first-order chi connectivity index (χ1) is 17.7. The minimum atomic E-state index is -2.26. The van der Waals surface area contributed by atoms with Crippen molar-refractivity contribution in [1.82, 2.24) is 0 Å². The molecule has 0 spiro atoms. The molecule has 0 atom stereocenters. The van der Waals surface area contributed by atoms with Gasteiger partial charge in [0.25, 0.3) is 0 Å². The maximum Gasteiger partial charge on any atom is 0.204 e. The Labute approximate surface area is 214 Å². The van der Waals surface area contributed by atoms with E-state index in [4.69, 9.17) is 0 Å². The standard InChI is InChI=1S/C30H28N4P2/c31-25-33-35(27-15-5-1-6-16-27,28-17-7-2-8-18-28)23-13-14-24-36(34-26-32,29-19-9-3-10-20-29)30-21-11-4-12-22-30/h1-12,15-22H,13-14,23-24H2. The molecular formula is C30H28N4P2. The molecule has 0 bridgehead atoms. The first-order valence-corrected chi connectivity index (χ1v) is 15.8. The molecule has 6 heteroatoms. The number of unbranched alkanes of at least 4 members (excludes halogenated alkanes) is 1. The molecule has 0 radical (unpaired) electrons. The smallest absolute Gasteiger partial charge is 0.185 e. The number of hydrogen-bond acceptors (Lipinski definition) is 4. The van der Waals surface area contributed by atoms with E-state index >= 15 is 0 Å². The second kappa shape index (κ2) is 12.3. The molecule has 0 unspecified atom stereocenters. The molecule has 0 N–H and O–H groups in total. The summed E-state index contributed by atoms with van der Waals surface area (Å²) in [7, 11) is -4.52. The summed E-state index contributed by atoms with van der Waals surface area (Å²) in [4.78, 5) is 0. The van der Waals surface area contributed by atoms with E-state index in [0.717, 1.165) is 46.4 Å². The quantitative estimate of drug-likeness (QED) is 0.149. The van der Waals surface area contributed by atoms with Crippen LogP contribution in [0.2, 0.25) is 0 Å². The van der Waals surface area contributed by atoms with E-state index in [0.29, 0.717) is 0 Å². The summed E-state index contributed by atoms with van der Waals surface area (Å²) in [6.07, 6.45) is 7.66. The summed E-state index contributed by atoms with van der Waals surface area (Å²) >= 11 is 0. The molecule has 0 saturated heterocycles. The fraction of sp³-hybridized carbons (Fsp3) is 0.133. The Morgan fingerprint density at radius 3 is 0.917 bits per heavy atom. The molecule has 4 aromatic rings. The number of benzene rings is 4. The SMILES string of the molecule is N#CN=P(CCCCP(=NC#N)(c1ccccc1)c1ccccc1)(c1ccccc1)c1ccccc1. The van der Waals surface area contributed by atoms with Gasteiger partial charge in [-0.15, -0.1) is 0 Å². The lowest BCUT2D eigenvalue weighted by atomic mass is 10.4. The van der Waals surface area contributed by atoms with Gasteiger partial charge in [-0.1, -0.05) is 121 Å². The minimum absolute atomic E-state index is 0.796. The van der Waals surface area contributed by atoms with Crippen molar-refractivity contribution >= 4 is 35.3 Å². The Morgan fingerprint density at radius 1 is 0.444 bits per heavy atom. The van der Waals surface area contributed by atoms with Gasteiger partial charge in [0.15, 0.2) is 0 Å². The Bertz CT molecular complexity index is 1250. The Balaban J connectivity index is 1.69. The Hall–Kier alpha value is -3.68. The highest BCUT2D eigenvalue weighted by Crippen LogP contribution is 2.51. The predicted molar refractivity (Wildman–Crippen MR) is 153 cm³/mol. The molecule has 0 aromatic heterocycles. The molecule has 0 aliphatic rings. The number of rotatable bonds is 9. The average molecular weight is 507 g/mol. The monoisotopic (exact) mass is 506 g/mol. The largest absolute Gasteiger partial charge is 0.204 e. The first-order valence-electron chi connectivity index (χ1n) is 12.0. The average Bonchev–Trinajstić information content (AvgIpc) is 2.96. The summed E-state index contributed by atoms with van der Waals surface area (Å²) in [5.74, 6) is 0. The predicted octanol–water partition coefficient (Wildman–Crippen LogP) is 6.43. The summed E-state index contributed by atoms with van der Waals surface area (Å²) in [6, 6.07) is 40.9. The normalized spacial score (nSPS) is 11.2. The lowest BCUT2D eigenvalue weighted by Gasteiger charge is -2.27. The Morgan fingerprint density at radius 2 is 0.694 bits per heavy atom. The van der Waals surface area contributed by atoms with Gasteiger partial charge in [-0.3, -0.25) is 0 Å². The van der Waals surface area contributed by atoms with E-state index in [1.165, 1.54) is 0 Å². The summed E-state index contributed by atoms with van der Waals surface area (Å²) in [6.45, 7) is 0. The molecule has 0 fully saturated rings. The van der Waals surface area contributed by atoms with Gasteiger partial charge in [0.2, 0.25) is 12.4 Å². The molecule has 0 saturated carbocycles. The van der Waals surface area contributed by atoms with Gasteiger partial charge in [0.05, 0.1) is 0 Å². The van der Waals surface area contributed by atoms with Gasteiger partial charge in [0.1, 0.15) is 0 Å². The van der Waals surface area contributed by atoms with Crippen LogP contribution in [0.4, 0.5) is 0 Å². The summed E-state index contributed by atoms with van der Waals surface area (Å²) in [5, 5.41) is 24.0. The molecule has 4 nitrogen and oxygen atoms in total. The van der Waals surface area contributed by atoms with Crippen molar-refractivity contribution < 1.29 is 0 Å². The maximum absolute atomic E-state index is 9.74. The van der Waals surface area contributed by atoms with Crippen LogP contribution in [-0.2, 0) is 0 Å². The van der Waals surface area contributed by atoms with Crippen LogP contribution >= 0.6 is 14.1 Å². The lowest BCUT2D eigenvalue weighted by Crippen LogP contribution is -2.21.